The van der Waals surface area contributed by atoms with Gasteiger partial charge in [-0.3, -0.25) is 0 Å². The van der Waals surface area contributed by atoms with Crippen molar-refractivity contribution < 1.29 is 17.6 Å². The van der Waals surface area contributed by atoms with Crippen LogP contribution in [0, 0.1) is 42.0 Å². The Morgan fingerprint density at radius 3 is 1.96 bits per heavy atom. The second-order valence-electron chi connectivity index (χ2n) is 6.19. The Labute approximate surface area is 150 Å². The molecule has 0 N–H and O–H groups in total. The van der Waals surface area contributed by atoms with Gasteiger partial charge in [-0.2, -0.15) is 0 Å². The summed E-state index contributed by atoms with van der Waals surface area (Å²) in [6, 6.07) is 5.00. The Kier molecular flexibility index (Phi) is 6.05. The maximum Gasteiger partial charge on any atom is 0.175 e. The zero-order valence-corrected chi connectivity index (χ0v) is 15.0. The molecule has 0 unspecified atom stereocenters. The molecule has 0 fully saturated rings. The van der Waals surface area contributed by atoms with Crippen molar-refractivity contribution >= 4 is 0 Å². The Balaban J connectivity index is 2.47. The van der Waals surface area contributed by atoms with Crippen LogP contribution in [0.2, 0.25) is 0 Å². The first kappa shape index (κ1) is 19.5. The number of hydrogen-bond acceptors (Lipinski definition) is 0. The van der Waals surface area contributed by atoms with E-state index in [9.17, 15) is 17.6 Å². The normalized spacial score (nSPS) is 11.0. The van der Waals surface area contributed by atoms with E-state index in [0.717, 1.165) is 5.57 Å². The molecule has 2 aromatic carbocycles. The van der Waals surface area contributed by atoms with E-state index in [2.05, 4.69) is 11.8 Å². The molecular formula is C22H18F4. The quantitative estimate of drug-likeness (QED) is 0.327. The van der Waals surface area contributed by atoms with E-state index >= 15 is 0 Å². The summed E-state index contributed by atoms with van der Waals surface area (Å²) in [5, 5.41) is 0. The summed E-state index contributed by atoms with van der Waals surface area (Å²) < 4.78 is 56.4. The molecule has 26 heavy (non-hydrogen) atoms. The van der Waals surface area contributed by atoms with E-state index in [1.807, 2.05) is 19.9 Å². The van der Waals surface area contributed by atoms with Gasteiger partial charge in [0.05, 0.1) is 5.56 Å². The van der Waals surface area contributed by atoms with Crippen molar-refractivity contribution in [1.82, 2.24) is 0 Å². The minimum atomic E-state index is -1.26. The van der Waals surface area contributed by atoms with E-state index in [1.54, 1.807) is 13.0 Å². The lowest BCUT2D eigenvalue weighted by molar-refractivity contribution is 0.497. The Bertz CT molecular complexity index is 966. The van der Waals surface area contributed by atoms with Gasteiger partial charge < -0.3 is 0 Å². The predicted octanol–water partition coefficient (Wildman–Crippen LogP) is 6.48. The molecule has 0 atom stereocenters. The first-order valence-corrected chi connectivity index (χ1v) is 7.99. The van der Waals surface area contributed by atoms with Crippen molar-refractivity contribution in [3.8, 4) is 23.0 Å². The maximum absolute atomic E-state index is 14.4. The van der Waals surface area contributed by atoms with Crippen molar-refractivity contribution in [2.75, 3.05) is 0 Å². The zero-order chi connectivity index (χ0) is 19.4. The highest BCUT2D eigenvalue weighted by Gasteiger charge is 2.19. The Morgan fingerprint density at radius 1 is 0.769 bits per heavy atom. The monoisotopic (exact) mass is 358 g/mol. The van der Waals surface area contributed by atoms with E-state index in [1.165, 1.54) is 31.2 Å². The Morgan fingerprint density at radius 2 is 1.35 bits per heavy atom. The third-order valence-corrected chi connectivity index (χ3v) is 3.71. The molecule has 0 amide bonds. The molecular weight excluding hydrogens is 340 g/mol. The van der Waals surface area contributed by atoms with E-state index in [-0.39, 0.29) is 22.3 Å². The van der Waals surface area contributed by atoms with Crippen LogP contribution < -0.4 is 0 Å². The summed E-state index contributed by atoms with van der Waals surface area (Å²) in [6.07, 6.45) is 3.63. The molecule has 0 saturated heterocycles. The number of aryl methyl sites for hydroxylation is 1. The van der Waals surface area contributed by atoms with Crippen LogP contribution in [0.15, 0.2) is 47.6 Å². The molecule has 0 nitrogen and oxygen atoms in total. The van der Waals surface area contributed by atoms with Gasteiger partial charge in [-0.05, 0) is 51.0 Å². The molecule has 0 bridgehead atoms. The van der Waals surface area contributed by atoms with Gasteiger partial charge in [-0.15, -0.1) is 0 Å². The maximum atomic E-state index is 14.4. The number of halogens is 4. The molecule has 2 aromatic rings. The lowest BCUT2D eigenvalue weighted by Gasteiger charge is -2.09. The molecule has 134 valence electrons. The van der Waals surface area contributed by atoms with Crippen molar-refractivity contribution in [1.29, 1.82) is 0 Å². The van der Waals surface area contributed by atoms with E-state index in [4.69, 9.17) is 0 Å². The zero-order valence-electron chi connectivity index (χ0n) is 15.0. The van der Waals surface area contributed by atoms with E-state index < -0.39 is 23.3 Å². The fraction of sp³-hybridized carbons (Fsp3) is 0.182. The first-order valence-electron chi connectivity index (χ1n) is 7.99. The molecule has 0 heterocycles. The van der Waals surface area contributed by atoms with E-state index in [0.29, 0.717) is 5.57 Å². The second-order valence-corrected chi connectivity index (χ2v) is 6.19. The van der Waals surface area contributed by atoms with Gasteiger partial charge in [0.15, 0.2) is 23.3 Å². The lowest BCUT2D eigenvalue weighted by Crippen LogP contribution is -1.98. The molecule has 0 saturated carbocycles. The summed E-state index contributed by atoms with van der Waals surface area (Å²) in [4.78, 5) is 0. The van der Waals surface area contributed by atoms with Crippen molar-refractivity contribution in [3.05, 3.63) is 82.0 Å². The fourth-order valence-corrected chi connectivity index (χ4v) is 2.21. The number of allylic oxidation sites excluding steroid dienone is 4. The van der Waals surface area contributed by atoms with Gasteiger partial charge in [0.25, 0.3) is 0 Å². The van der Waals surface area contributed by atoms with Gasteiger partial charge in [-0.25, -0.2) is 17.6 Å². The standard InChI is InChI=1S/C22H18F4/c1-13(2)5-6-14(3)7-9-16-10-12-18(22(26)20(16)24)17-11-8-15(4)19(23)21(17)25/h5-6,8,10-12H,1-4H3/b14-6+. The second kappa shape index (κ2) is 8.05. The topological polar surface area (TPSA) is 0 Å². The lowest BCUT2D eigenvalue weighted by atomic mass is 10.0. The van der Waals surface area contributed by atoms with Crippen LogP contribution in [0.3, 0.4) is 0 Å². The van der Waals surface area contributed by atoms with Gasteiger partial charge >= 0.3 is 0 Å². The molecule has 4 heteroatoms. The highest BCUT2D eigenvalue weighted by Crippen LogP contribution is 2.30. The van der Waals surface area contributed by atoms with Gasteiger partial charge in [0.1, 0.15) is 0 Å². The summed E-state index contributed by atoms with van der Waals surface area (Å²) in [5.74, 6) is 0.564. The molecule has 0 aliphatic carbocycles. The Hall–Kier alpha value is -2.80. The summed E-state index contributed by atoms with van der Waals surface area (Å²) >= 11 is 0. The van der Waals surface area contributed by atoms with Crippen molar-refractivity contribution in [3.63, 3.8) is 0 Å². The van der Waals surface area contributed by atoms with Crippen LogP contribution in [0.5, 0.6) is 0 Å². The van der Waals surface area contributed by atoms with Gasteiger partial charge in [0, 0.05) is 11.1 Å². The third-order valence-electron chi connectivity index (χ3n) is 3.71. The fourth-order valence-electron chi connectivity index (χ4n) is 2.21. The summed E-state index contributed by atoms with van der Waals surface area (Å²) in [5.41, 5.74) is 1.03. The molecule has 0 spiro atoms. The number of hydrogen-bond donors (Lipinski definition) is 0. The predicted molar refractivity (Wildman–Crippen MR) is 96.5 cm³/mol. The van der Waals surface area contributed by atoms with Gasteiger partial charge in [0.2, 0.25) is 0 Å². The average molecular weight is 358 g/mol. The highest BCUT2D eigenvalue weighted by molar-refractivity contribution is 5.67. The number of benzene rings is 2. The molecule has 0 aromatic heterocycles. The summed E-state index contributed by atoms with van der Waals surface area (Å²) in [6.45, 7) is 7.00. The smallest absolute Gasteiger partial charge is 0.175 e. The minimum Gasteiger partial charge on any atom is -0.203 e. The largest absolute Gasteiger partial charge is 0.203 e. The molecule has 0 aliphatic rings. The van der Waals surface area contributed by atoms with Crippen LogP contribution in [0.4, 0.5) is 17.6 Å². The number of rotatable bonds is 2. The van der Waals surface area contributed by atoms with Crippen LogP contribution in [-0.2, 0) is 0 Å². The summed E-state index contributed by atoms with van der Waals surface area (Å²) in [7, 11) is 0. The first-order chi connectivity index (χ1) is 12.2. The van der Waals surface area contributed by atoms with Crippen molar-refractivity contribution in [2.24, 2.45) is 0 Å². The van der Waals surface area contributed by atoms with Crippen LogP contribution in [0.25, 0.3) is 11.1 Å². The molecule has 0 radical (unpaired) electrons. The minimum absolute atomic E-state index is 0.0910. The highest BCUT2D eigenvalue weighted by atomic mass is 19.2. The van der Waals surface area contributed by atoms with Crippen molar-refractivity contribution in [2.45, 2.75) is 27.7 Å². The van der Waals surface area contributed by atoms with Crippen LogP contribution >= 0.6 is 0 Å². The SMILES string of the molecule is CC(C)=C/C=C(\C)C#Cc1ccc(-c2ccc(C)c(F)c2F)c(F)c1F. The molecule has 2 rings (SSSR count). The van der Waals surface area contributed by atoms with Crippen LogP contribution in [0.1, 0.15) is 31.9 Å². The van der Waals surface area contributed by atoms with Gasteiger partial charge in [-0.1, -0.05) is 41.7 Å². The third kappa shape index (κ3) is 4.23. The molecule has 0 aliphatic heterocycles. The van der Waals surface area contributed by atoms with Crippen LogP contribution in [-0.4, -0.2) is 0 Å². The average Bonchev–Trinajstić information content (AvgIpc) is 2.60.